The molecule has 320 valence electrons. The van der Waals surface area contributed by atoms with E-state index in [1.54, 1.807) is 0 Å². The van der Waals surface area contributed by atoms with Gasteiger partial charge in [-0.3, -0.25) is 0 Å². The second-order valence-electron chi connectivity index (χ2n) is 14.7. The molecule has 0 amide bonds. The molecule has 3 atom stereocenters. The molecule has 1 unspecified atom stereocenters. The lowest BCUT2D eigenvalue weighted by Crippen LogP contribution is -2.21. The Balaban J connectivity index is 1.37. The summed E-state index contributed by atoms with van der Waals surface area (Å²) in [6, 6.07) is 14.6. The van der Waals surface area contributed by atoms with Crippen LogP contribution in [0.1, 0.15) is 62.8 Å². The molecule has 15 N–H and O–H groups in total. The number of hydrogen-bond donors (Lipinski definition) is 15. The second-order valence-corrected chi connectivity index (χ2v) is 14.7. The van der Waals surface area contributed by atoms with E-state index >= 15 is 0 Å². The molecule has 0 aromatic heterocycles. The number of aliphatic hydroxyl groups excluding tert-OH is 3. The van der Waals surface area contributed by atoms with Gasteiger partial charge in [-0.05, 0) is 72.8 Å². The van der Waals surface area contributed by atoms with Crippen LogP contribution >= 0.6 is 0 Å². The number of ether oxygens (including phenoxy) is 3. The van der Waals surface area contributed by atoms with E-state index in [1.807, 2.05) is 0 Å². The minimum absolute atomic E-state index is 0.00862. The fraction of sp³-hybridized carbons (Fsp3) is 0.0667. The maximum atomic E-state index is 12.8. The molecule has 0 fully saturated rings. The zero-order valence-corrected chi connectivity index (χ0v) is 31.7. The largest absolute Gasteiger partial charge is 0.508 e. The van der Waals surface area contributed by atoms with Gasteiger partial charge in [0.05, 0.1) is 5.56 Å². The number of hydrogen-bond acceptors (Lipinski definition) is 18. The van der Waals surface area contributed by atoms with Gasteiger partial charge in [-0.2, -0.15) is 0 Å². The summed E-state index contributed by atoms with van der Waals surface area (Å²) < 4.78 is 18.5. The number of aromatic hydroxyl groups is 12. The van der Waals surface area contributed by atoms with E-state index in [-0.39, 0.29) is 78.8 Å². The molecule has 3 aliphatic rings. The molecule has 9 rings (SSSR count). The Labute approximate surface area is 352 Å². The van der Waals surface area contributed by atoms with E-state index in [0.717, 1.165) is 42.5 Å². The van der Waals surface area contributed by atoms with Crippen molar-refractivity contribution in [2.75, 3.05) is 0 Å². The molecule has 18 nitrogen and oxygen atoms in total. The SMILES string of the molecule is OC1=Cc2cc(C3=C(O)C(c4cc(O)c(O)c(O)c4)Oc4cc(O)ccc43)c(O)c(C3=C(O)[C@@H](c4cc(O)c(O)c(O)c4)Oc4cc(O)ccc43)c2O[C@@H]1c1cc(O)c(O)c(O)c1. The lowest BCUT2D eigenvalue weighted by Gasteiger charge is -2.33. The van der Waals surface area contributed by atoms with Crippen molar-refractivity contribution in [2.45, 2.75) is 18.3 Å². The smallest absolute Gasteiger partial charge is 0.200 e. The fourth-order valence-electron chi connectivity index (χ4n) is 7.85. The van der Waals surface area contributed by atoms with Crippen molar-refractivity contribution in [3.8, 4) is 86.2 Å². The molecule has 0 aliphatic carbocycles. The average molecular weight is 861 g/mol. The van der Waals surface area contributed by atoms with Crippen LogP contribution < -0.4 is 14.2 Å². The molecule has 0 saturated carbocycles. The van der Waals surface area contributed by atoms with Crippen LogP contribution in [0.5, 0.6) is 86.2 Å². The van der Waals surface area contributed by atoms with Crippen molar-refractivity contribution in [2.24, 2.45) is 0 Å². The van der Waals surface area contributed by atoms with E-state index in [9.17, 15) is 76.6 Å². The molecule has 3 aliphatic heterocycles. The first-order valence-corrected chi connectivity index (χ1v) is 18.5. The summed E-state index contributed by atoms with van der Waals surface area (Å²) in [6.45, 7) is 0. The number of rotatable bonds is 5. The van der Waals surface area contributed by atoms with Gasteiger partial charge < -0.3 is 90.8 Å². The van der Waals surface area contributed by atoms with Crippen LogP contribution in [0.15, 0.2) is 96.1 Å². The van der Waals surface area contributed by atoms with Gasteiger partial charge in [0, 0.05) is 62.2 Å². The van der Waals surface area contributed by atoms with Crippen molar-refractivity contribution < 1.29 is 90.8 Å². The molecule has 0 radical (unpaired) electrons. The Hall–Kier alpha value is -9.06. The molecule has 0 bridgehead atoms. The van der Waals surface area contributed by atoms with Gasteiger partial charge in [0.1, 0.15) is 51.8 Å². The molecule has 0 saturated heterocycles. The zero-order chi connectivity index (χ0) is 44.9. The van der Waals surface area contributed by atoms with Crippen LogP contribution in [-0.4, -0.2) is 76.6 Å². The molecule has 18 heteroatoms. The summed E-state index contributed by atoms with van der Waals surface area (Å²) in [5.41, 5.74) is -1.53. The Morgan fingerprint density at radius 1 is 0.365 bits per heavy atom. The van der Waals surface area contributed by atoms with Gasteiger partial charge in [-0.1, -0.05) is 0 Å². The molecule has 3 heterocycles. The number of phenolic OH excluding ortho intramolecular Hbond substituents is 12. The first-order valence-electron chi connectivity index (χ1n) is 18.5. The molecular weight excluding hydrogens is 828 g/mol. The van der Waals surface area contributed by atoms with Crippen LogP contribution in [0.3, 0.4) is 0 Å². The molecular formula is C45H32O18. The minimum Gasteiger partial charge on any atom is -0.508 e. The highest BCUT2D eigenvalue weighted by Gasteiger charge is 2.41. The Kier molecular flexibility index (Phi) is 8.77. The van der Waals surface area contributed by atoms with Crippen molar-refractivity contribution >= 4 is 17.2 Å². The first kappa shape index (κ1) is 39.4. The molecule has 6 aromatic rings. The van der Waals surface area contributed by atoms with Gasteiger partial charge in [0.2, 0.25) is 0 Å². The quantitative estimate of drug-likeness (QED) is 0.0769. The van der Waals surface area contributed by atoms with E-state index < -0.39 is 98.6 Å². The lowest BCUT2D eigenvalue weighted by molar-refractivity contribution is 0.168. The van der Waals surface area contributed by atoms with E-state index in [0.29, 0.717) is 0 Å². The van der Waals surface area contributed by atoms with Crippen LogP contribution in [0.4, 0.5) is 0 Å². The number of phenols is 12. The number of benzene rings is 6. The Bertz CT molecular complexity index is 3000. The number of aliphatic hydroxyl groups is 3. The maximum Gasteiger partial charge on any atom is 0.200 e. The second kappa shape index (κ2) is 14.0. The number of fused-ring (bicyclic) bond motifs is 3. The summed E-state index contributed by atoms with van der Waals surface area (Å²) in [4.78, 5) is 0. The summed E-state index contributed by atoms with van der Waals surface area (Å²) in [5.74, 6) is -11.3. The predicted molar refractivity (Wildman–Crippen MR) is 217 cm³/mol. The first-order chi connectivity index (χ1) is 29.9. The van der Waals surface area contributed by atoms with Gasteiger partial charge in [-0.25, -0.2) is 0 Å². The van der Waals surface area contributed by atoms with Gasteiger partial charge in [-0.15, -0.1) is 0 Å². The van der Waals surface area contributed by atoms with Crippen molar-refractivity contribution in [1.29, 1.82) is 0 Å². The van der Waals surface area contributed by atoms with Gasteiger partial charge >= 0.3 is 0 Å². The van der Waals surface area contributed by atoms with Crippen LogP contribution in [-0.2, 0) is 0 Å². The van der Waals surface area contributed by atoms with Crippen molar-refractivity contribution in [3.05, 3.63) is 141 Å². The predicted octanol–water partition coefficient (Wildman–Crippen LogP) is 7.09. The highest BCUT2D eigenvalue weighted by molar-refractivity contribution is 5.98. The van der Waals surface area contributed by atoms with E-state index in [4.69, 9.17) is 14.2 Å². The van der Waals surface area contributed by atoms with Crippen molar-refractivity contribution in [3.63, 3.8) is 0 Å². The van der Waals surface area contributed by atoms with Crippen LogP contribution in [0.25, 0.3) is 17.2 Å². The van der Waals surface area contributed by atoms with E-state index in [2.05, 4.69) is 0 Å². The minimum atomic E-state index is -1.67. The third-order valence-electron chi connectivity index (χ3n) is 10.8. The van der Waals surface area contributed by atoms with Crippen LogP contribution in [0, 0.1) is 0 Å². The summed E-state index contributed by atoms with van der Waals surface area (Å²) in [5, 5.41) is 163. The van der Waals surface area contributed by atoms with Gasteiger partial charge in [0.25, 0.3) is 0 Å². The summed E-state index contributed by atoms with van der Waals surface area (Å²) >= 11 is 0. The third kappa shape index (κ3) is 6.19. The topological polar surface area (TPSA) is 331 Å². The highest BCUT2D eigenvalue weighted by Crippen LogP contribution is 2.57. The zero-order valence-electron chi connectivity index (χ0n) is 31.7. The normalized spacial score (nSPS) is 17.7. The van der Waals surface area contributed by atoms with Crippen molar-refractivity contribution in [1.82, 2.24) is 0 Å². The van der Waals surface area contributed by atoms with E-state index in [1.165, 1.54) is 42.5 Å². The monoisotopic (exact) mass is 860 g/mol. The van der Waals surface area contributed by atoms with Gasteiger partial charge in [0.15, 0.2) is 70.1 Å². The standard InChI is InChI=1S/C45H32O18/c46-19-1-3-21-31(13-19)61-44(17-8-26(50)38(57)27(51)9-17)40(59)33(21)23-5-15-12-30(54)42(16-6-24(48)37(56)25(49)7-16)63-43(15)35(36(23)55)34-22-4-2-20(47)14-32(22)62-45(41(34)60)18-10-28(52)39(58)29(53)11-18/h1-14,42,44-60H/t42-,44?,45-/m1/s1. The van der Waals surface area contributed by atoms with Crippen LogP contribution in [0.2, 0.25) is 0 Å². The fourth-order valence-corrected chi connectivity index (χ4v) is 7.85. The molecule has 63 heavy (non-hydrogen) atoms. The Morgan fingerprint density at radius 3 is 1.21 bits per heavy atom. The maximum absolute atomic E-state index is 12.8. The average Bonchev–Trinajstić information content (AvgIpc) is 3.23. The molecule has 6 aromatic carbocycles. The third-order valence-corrected chi connectivity index (χ3v) is 10.8. The summed E-state index contributed by atoms with van der Waals surface area (Å²) in [7, 11) is 0. The lowest BCUT2D eigenvalue weighted by atomic mass is 9.82. The molecule has 0 spiro atoms. The summed E-state index contributed by atoms with van der Waals surface area (Å²) in [6.07, 6.45) is -3.69. The Morgan fingerprint density at radius 2 is 0.762 bits per heavy atom. The highest BCUT2D eigenvalue weighted by atomic mass is 16.5.